The molecule has 0 saturated carbocycles. The molecule has 0 aromatic carbocycles. The zero-order chi connectivity index (χ0) is 48.8. The first kappa shape index (κ1) is 54.2. The third-order valence-electron chi connectivity index (χ3n) is 14.0. The number of rotatable bonds is 15. The first-order valence-corrected chi connectivity index (χ1v) is 23.3. The lowest BCUT2D eigenvalue weighted by molar-refractivity contribution is -0.280. The van der Waals surface area contributed by atoms with Crippen LogP contribution in [-0.4, -0.2) is 141 Å². The molecule has 0 aromatic heterocycles. The monoisotopic (exact) mass is 911 g/mol. The number of piperidine rings is 4. The molecular weight excluding hydrogens is 825 g/mol. The molecule has 4 fully saturated rings. The summed E-state index contributed by atoms with van der Waals surface area (Å²) < 4.78 is 25.2. The Morgan fingerprint density at radius 1 is 0.359 bits per heavy atom. The number of hydrogen-bond donors (Lipinski definition) is 0. The van der Waals surface area contributed by atoms with E-state index in [0.717, 1.165) is 0 Å². The Hall–Kier alpha value is -2.44. The molecule has 64 heavy (non-hydrogen) atoms. The number of hydroxylamine groups is 8. The lowest BCUT2D eigenvalue weighted by Gasteiger charge is -2.53. The molecule has 0 aromatic rings. The van der Waals surface area contributed by atoms with Crippen LogP contribution in [-0.2, 0) is 57.5 Å². The summed E-state index contributed by atoms with van der Waals surface area (Å²) in [5.74, 6) is -5.82. The van der Waals surface area contributed by atoms with Gasteiger partial charge in [0.05, 0.1) is 53.1 Å². The van der Waals surface area contributed by atoms with Gasteiger partial charge in [0.2, 0.25) is 0 Å². The molecule has 0 bridgehead atoms. The van der Waals surface area contributed by atoms with E-state index in [0.29, 0.717) is 51.4 Å². The van der Waals surface area contributed by atoms with Crippen LogP contribution in [0.4, 0.5) is 0 Å². The standard InChI is InChI=1S/C48H86N4O12/c1-41(2)23-31(24-42(3,4)49(41)57-17)61-37(53)21-35(39(55)63-33-27-45(9,10)51(59-19)46(11,12)28-33)36(40(56)64-34-29-47(13,14)52(60-20)48(15,16)30-34)22-38(54)62-32-25-43(5,6)50(58-18)44(7,8)26-32/h31-36H,21-30H2,1-20H3. The molecule has 2 atom stereocenters. The first-order chi connectivity index (χ1) is 29.1. The lowest BCUT2D eigenvalue weighted by Crippen LogP contribution is -2.62. The van der Waals surface area contributed by atoms with Crippen molar-refractivity contribution in [3.63, 3.8) is 0 Å². The van der Waals surface area contributed by atoms with Crippen molar-refractivity contribution in [2.24, 2.45) is 11.8 Å². The van der Waals surface area contributed by atoms with Gasteiger partial charge in [-0.1, -0.05) is 0 Å². The van der Waals surface area contributed by atoms with Crippen molar-refractivity contribution < 1.29 is 57.5 Å². The van der Waals surface area contributed by atoms with Crippen LogP contribution in [0.5, 0.6) is 0 Å². The van der Waals surface area contributed by atoms with E-state index in [2.05, 4.69) is 0 Å². The minimum Gasteiger partial charge on any atom is -0.462 e. The summed E-state index contributed by atoms with van der Waals surface area (Å²) in [7, 11) is 6.51. The van der Waals surface area contributed by atoms with Crippen LogP contribution in [0.3, 0.4) is 0 Å². The predicted octanol–water partition coefficient (Wildman–Crippen LogP) is 7.50. The van der Waals surface area contributed by atoms with Crippen LogP contribution in [0.15, 0.2) is 0 Å². The lowest BCUT2D eigenvalue weighted by atomic mass is 9.79. The van der Waals surface area contributed by atoms with Gasteiger partial charge in [-0.15, -0.1) is 0 Å². The predicted molar refractivity (Wildman–Crippen MR) is 241 cm³/mol. The molecule has 4 heterocycles. The largest absolute Gasteiger partial charge is 0.462 e. The molecule has 16 heteroatoms. The highest BCUT2D eigenvalue weighted by molar-refractivity contribution is 5.88. The normalized spacial score (nSPS) is 27.2. The highest BCUT2D eigenvalue weighted by Gasteiger charge is 2.53. The minimum atomic E-state index is -1.44. The number of ether oxygens (including phenoxy) is 4. The summed E-state index contributed by atoms with van der Waals surface area (Å²) in [5, 5.41) is 7.65. The third kappa shape index (κ3) is 12.2. The number of esters is 4. The van der Waals surface area contributed by atoms with Crippen LogP contribution >= 0.6 is 0 Å². The average molecular weight is 911 g/mol. The van der Waals surface area contributed by atoms with E-state index in [1.807, 2.05) is 131 Å². The van der Waals surface area contributed by atoms with E-state index in [-0.39, 0.29) is 0 Å². The maximum atomic E-state index is 14.9. The summed E-state index contributed by atoms with van der Waals surface area (Å²) >= 11 is 0. The van der Waals surface area contributed by atoms with E-state index >= 15 is 0 Å². The highest BCUT2D eigenvalue weighted by atomic mass is 16.7. The smallest absolute Gasteiger partial charge is 0.310 e. The molecule has 2 unspecified atom stereocenters. The van der Waals surface area contributed by atoms with Gasteiger partial charge >= 0.3 is 23.9 Å². The fraction of sp³-hybridized carbons (Fsp3) is 0.917. The second-order valence-corrected chi connectivity index (χ2v) is 24.0. The van der Waals surface area contributed by atoms with E-state index in [1.165, 1.54) is 0 Å². The zero-order valence-electron chi connectivity index (χ0n) is 43.2. The molecule has 0 N–H and O–H groups in total. The fourth-order valence-electron chi connectivity index (χ4n) is 13.1. The van der Waals surface area contributed by atoms with Crippen molar-refractivity contribution in [1.82, 2.24) is 20.3 Å². The van der Waals surface area contributed by atoms with Gasteiger partial charge in [-0.05, 0) is 111 Å². The Labute approximate surface area is 384 Å². The van der Waals surface area contributed by atoms with Crippen molar-refractivity contribution in [1.29, 1.82) is 0 Å². The Morgan fingerprint density at radius 2 is 0.531 bits per heavy atom. The molecule has 16 nitrogen and oxygen atoms in total. The van der Waals surface area contributed by atoms with E-state index in [9.17, 15) is 19.2 Å². The minimum absolute atomic E-state index is 0.417. The van der Waals surface area contributed by atoms with Gasteiger partial charge in [0.1, 0.15) is 24.4 Å². The molecular formula is C48H86N4O12. The first-order valence-electron chi connectivity index (χ1n) is 23.3. The van der Waals surface area contributed by atoms with Gasteiger partial charge in [0.25, 0.3) is 0 Å². The van der Waals surface area contributed by atoms with Crippen LogP contribution in [0, 0.1) is 11.8 Å². The Balaban J connectivity index is 1.74. The molecule has 4 rings (SSSR count). The van der Waals surface area contributed by atoms with E-state index in [4.69, 9.17) is 38.3 Å². The number of carbonyl (C=O) groups is 4. The van der Waals surface area contributed by atoms with Gasteiger partial charge in [-0.2, -0.15) is 20.3 Å². The molecule has 0 radical (unpaired) electrons. The van der Waals surface area contributed by atoms with Crippen LogP contribution < -0.4 is 0 Å². The van der Waals surface area contributed by atoms with Crippen molar-refractivity contribution in [2.75, 3.05) is 28.4 Å². The second-order valence-electron chi connectivity index (χ2n) is 24.0. The molecule has 4 saturated heterocycles. The van der Waals surface area contributed by atoms with Crippen molar-refractivity contribution in [3.05, 3.63) is 0 Å². The Morgan fingerprint density at radius 3 is 0.703 bits per heavy atom. The van der Waals surface area contributed by atoms with Gasteiger partial charge in [0.15, 0.2) is 0 Å². The molecule has 0 aliphatic carbocycles. The fourth-order valence-corrected chi connectivity index (χ4v) is 13.1. The quantitative estimate of drug-likeness (QED) is 0.118. The summed E-state index contributed by atoms with van der Waals surface area (Å²) in [6, 6.07) is 0. The summed E-state index contributed by atoms with van der Waals surface area (Å²) in [6.07, 6.45) is 0.254. The summed E-state index contributed by atoms with van der Waals surface area (Å²) in [5.41, 5.74) is -4.11. The number of carbonyl (C=O) groups excluding carboxylic acids is 4. The summed E-state index contributed by atoms with van der Waals surface area (Å²) in [6.45, 7) is 32.3. The second kappa shape index (κ2) is 19.3. The van der Waals surface area contributed by atoms with Crippen LogP contribution in [0.25, 0.3) is 0 Å². The SMILES string of the molecule is CON1C(C)(C)CC(OC(=O)CC(C(=O)OC2CC(C)(C)N(OC)C(C)(C)C2)C(CC(=O)OC2CC(C)(C)N(OC)C(C)(C)C2)C(=O)OC2CC(C)(C)N(OC)C(C)(C)C2)CC1(C)C. The maximum absolute atomic E-state index is 14.9. The number of nitrogens with zero attached hydrogens (tertiary/aromatic N) is 4. The molecule has 0 spiro atoms. The van der Waals surface area contributed by atoms with Gasteiger partial charge in [-0.3, -0.25) is 19.2 Å². The maximum Gasteiger partial charge on any atom is 0.310 e. The molecule has 0 amide bonds. The highest BCUT2D eigenvalue weighted by Crippen LogP contribution is 2.44. The van der Waals surface area contributed by atoms with Crippen molar-refractivity contribution >= 4 is 23.9 Å². The van der Waals surface area contributed by atoms with Crippen molar-refractivity contribution in [2.45, 2.75) is 244 Å². The van der Waals surface area contributed by atoms with Gasteiger partial charge in [-0.25, -0.2) is 0 Å². The topological polar surface area (TPSA) is 155 Å². The number of hydrogen-bond acceptors (Lipinski definition) is 16. The van der Waals surface area contributed by atoms with Crippen LogP contribution in [0.1, 0.15) is 175 Å². The van der Waals surface area contributed by atoms with Gasteiger partial charge < -0.3 is 38.3 Å². The third-order valence-corrected chi connectivity index (χ3v) is 14.0. The molecule has 4 aliphatic heterocycles. The van der Waals surface area contributed by atoms with E-state index < -0.39 is 117 Å². The van der Waals surface area contributed by atoms with Crippen LogP contribution in [0.2, 0.25) is 0 Å². The summed E-state index contributed by atoms with van der Waals surface area (Å²) in [4.78, 5) is 81.7. The zero-order valence-corrected chi connectivity index (χ0v) is 43.2. The van der Waals surface area contributed by atoms with E-state index in [1.54, 1.807) is 28.4 Å². The average Bonchev–Trinajstić information content (AvgIpc) is 3.06. The Bertz CT molecular complexity index is 1480. The van der Waals surface area contributed by atoms with Gasteiger partial charge in [0, 0.05) is 95.7 Å². The Kier molecular flexibility index (Phi) is 16.3. The molecule has 4 aliphatic rings. The van der Waals surface area contributed by atoms with Crippen molar-refractivity contribution in [3.8, 4) is 0 Å². The molecule has 370 valence electrons.